The Morgan fingerprint density at radius 3 is 2.42 bits per heavy atom. The van der Waals surface area contributed by atoms with Crippen molar-refractivity contribution >= 4 is 37.5 Å². The molecule has 0 spiro atoms. The third-order valence-corrected chi connectivity index (χ3v) is 5.66. The predicted octanol–water partition coefficient (Wildman–Crippen LogP) is 3.46. The minimum Gasteiger partial charge on any atom is -0.494 e. The third-order valence-electron chi connectivity index (χ3n) is 3.59. The van der Waals surface area contributed by atoms with Gasteiger partial charge in [-0.25, -0.2) is 8.42 Å². The van der Waals surface area contributed by atoms with Crippen LogP contribution < -0.4 is 14.8 Å². The summed E-state index contributed by atoms with van der Waals surface area (Å²) >= 11 is 3.31. The molecule has 0 aliphatic heterocycles. The lowest BCUT2D eigenvalue weighted by Gasteiger charge is -2.15. The molecule has 140 valence electrons. The molecule has 0 unspecified atom stereocenters. The zero-order valence-electron chi connectivity index (χ0n) is 14.7. The molecule has 0 aliphatic rings. The normalized spacial score (nSPS) is 12.5. The first-order valence-corrected chi connectivity index (χ1v) is 10.3. The quantitative estimate of drug-likeness (QED) is 0.690. The van der Waals surface area contributed by atoms with Crippen LogP contribution in [0.25, 0.3) is 0 Å². The molecule has 1 amide bonds. The van der Waals surface area contributed by atoms with E-state index in [0.29, 0.717) is 23.6 Å². The maximum atomic E-state index is 12.5. The molecule has 0 fully saturated rings. The van der Waals surface area contributed by atoms with Crippen molar-refractivity contribution in [1.82, 2.24) is 4.72 Å². The fourth-order valence-electron chi connectivity index (χ4n) is 2.24. The van der Waals surface area contributed by atoms with Crippen molar-refractivity contribution in [1.29, 1.82) is 0 Å². The van der Waals surface area contributed by atoms with Gasteiger partial charge in [-0.3, -0.25) is 4.79 Å². The van der Waals surface area contributed by atoms with Gasteiger partial charge in [-0.1, -0.05) is 15.9 Å². The Morgan fingerprint density at radius 1 is 1.19 bits per heavy atom. The molecule has 0 saturated heterocycles. The van der Waals surface area contributed by atoms with Gasteiger partial charge in [0.05, 0.1) is 17.5 Å². The Hall–Kier alpha value is -1.90. The standard InChI is InChI=1S/C18H21BrN2O4S/c1-4-25-17-10-9-16(11-12(17)2)26(23,24)21-13(3)18(22)20-15-7-5-14(19)6-8-15/h5-11,13,21H,4H2,1-3H3,(H,20,22)/t13-/m1/s1. The Labute approximate surface area is 162 Å². The number of nitrogens with one attached hydrogen (secondary N) is 2. The second-order valence-electron chi connectivity index (χ2n) is 5.70. The molecule has 1 atom stereocenters. The molecule has 26 heavy (non-hydrogen) atoms. The number of carbonyl (C=O) groups is 1. The van der Waals surface area contributed by atoms with Crippen LogP contribution in [-0.2, 0) is 14.8 Å². The van der Waals surface area contributed by atoms with E-state index in [4.69, 9.17) is 4.74 Å². The number of benzene rings is 2. The van der Waals surface area contributed by atoms with Crippen LogP contribution >= 0.6 is 15.9 Å². The lowest BCUT2D eigenvalue weighted by atomic mass is 10.2. The number of amides is 1. The van der Waals surface area contributed by atoms with E-state index in [9.17, 15) is 13.2 Å². The Balaban J connectivity index is 2.08. The van der Waals surface area contributed by atoms with Gasteiger partial charge in [0.1, 0.15) is 5.75 Å². The van der Waals surface area contributed by atoms with Crippen LogP contribution in [0, 0.1) is 6.92 Å². The number of hydrogen-bond acceptors (Lipinski definition) is 4. The Kier molecular flexibility index (Phi) is 6.80. The van der Waals surface area contributed by atoms with E-state index >= 15 is 0 Å². The highest BCUT2D eigenvalue weighted by atomic mass is 79.9. The van der Waals surface area contributed by atoms with Crippen molar-refractivity contribution in [3.63, 3.8) is 0 Å². The minimum absolute atomic E-state index is 0.0849. The fraction of sp³-hybridized carbons (Fsp3) is 0.278. The number of carbonyl (C=O) groups excluding carboxylic acids is 1. The molecule has 8 heteroatoms. The van der Waals surface area contributed by atoms with Crippen LogP contribution in [0.3, 0.4) is 0 Å². The van der Waals surface area contributed by atoms with Crippen LogP contribution in [0.4, 0.5) is 5.69 Å². The highest BCUT2D eigenvalue weighted by Crippen LogP contribution is 2.22. The first-order valence-electron chi connectivity index (χ1n) is 8.05. The Morgan fingerprint density at radius 2 is 1.85 bits per heavy atom. The molecule has 2 aromatic carbocycles. The molecule has 2 aromatic rings. The highest BCUT2D eigenvalue weighted by molar-refractivity contribution is 9.10. The molecule has 6 nitrogen and oxygen atoms in total. The molecule has 2 N–H and O–H groups in total. The molecule has 0 radical (unpaired) electrons. The lowest BCUT2D eigenvalue weighted by Crippen LogP contribution is -2.41. The molecular formula is C18H21BrN2O4S. The van der Waals surface area contributed by atoms with Crippen LogP contribution in [0.2, 0.25) is 0 Å². The van der Waals surface area contributed by atoms with Crippen LogP contribution in [-0.4, -0.2) is 27.0 Å². The first-order chi connectivity index (χ1) is 12.2. The van der Waals surface area contributed by atoms with Gasteiger partial charge in [0, 0.05) is 10.2 Å². The van der Waals surface area contributed by atoms with Gasteiger partial charge in [0.2, 0.25) is 15.9 Å². The van der Waals surface area contributed by atoms with Gasteiger partial charge in [0.25, 0.3) is 0 Å². The van der Waals surface area contributed by atoms with E-state index in [1.807, 2.05) is 6.92 Å². The summed E-state index contributed by atoms with van der Waals surface area (Å²) in [5.41, 5.74) is 1.29. The number of sulfonamides is 1. The zero-order valence-corrected chi connectivity index (χ0v) is 17.1. The molecular weight excluding hydrogens is 420 g/mol. The van der Waals surface area contributed by atoms with E-state index in [0.717, 1.165) is 4.47 Å². The van der Waals surface area contributed by atoms with Crippen molar-refractivity contribution < 1.29 is 17.9 Å². The van der Waals surface area contributed by atoms with Gasteiger partial charge in [-0.2, -0.15) is 4.72 Å². The third kappa shape index (κ3) is 5.30. The van der Waals surface area contributed by atoms with Gasteiger partial charge < -0.3 is 10.1 Å². The van der Waals surface area contributed by atoms with Gasteiger partial charge in [-0.15, -0.1) is 0 Å². The number of halogens is 1. The number of anilines is 1. The Bertz CT molecular complexity index is 883. The van der Waals surface area contributed by atoms with E-state index in [2.05, 4.69) is 26.0 Å². The molecule has 0 bridgehead atoms. The van der Waals surface area contributed by atoms with E-state index in [1.54, 1.807) is 37.3 Å². The topological polar surface area (TPSA) is 84.5 Å². The minimum atomic E-state index is -3.83. The smallest absolute Gasteiger partial charge is 0.242 e. The van der Waals surface area contributed by atoms with Crippen molar-refractivity contribution in [3.8, 4) is 5.75 Å². The average molecular weight is 441 g/mol. The summed E-state index contributed by atoms with van der Waals surface area (Å²) in [6, 6.07) is 10.7. The van der Waals surface area contributed by atoms with Crippen molar-refractivity contribution in [3.05, 3.63) is 52.5 Å². The van der Waals surface area contributed by atoms with E-state index in [-0.39, 0.29) is 4.90 Å². The van der Waals surface area contributed by atoms with Crippen molar-refractivity contribution in [2.75, 3.05) is 11.9 Å². The zero-order chi connectivity index (χ0) is 19.3. The first kappa shape index (κ1) is 20.4. The van der Waals surface area contributed by atoms with Gasteiger partial charge >= 0.3 is 0 Å². The second kappa shape index (κ2) is 8.66. The highest BCUT2D eigenvalue weighted by Gasteiger charge is 2.22. The fourth-order valence-corrected chi connectivity index (χ4v) is 3.80. The largest absolute Gasteiger partial charge is 0.494 e. The molecule has 2 rings (SSSR count). The number of hydrogen-bond donors (Lipinski definition) is 2. The summed E-state index contributed by atoms with van der Waals surface area (Å²) in [5, 5.41) is 2.67. The van der Waals surface area contributed by atoms with Gasteiger partial charge in [0.15, 0.2) is 0 Å². The lowest BCUT2D eigenvalue weighted by molar-refractivity contribution is -0.117. The van der Waals surface area contributed by atoms with Crippen LogP contribution in [0.5, 0.6) is 5.75 Å². The summed E-state index contributed by atoms with van der Waals surface area (Å²) in [6.07, 6.45) is 0. The molecule has 0 saturated carbocycles. The van der Waals surface area contributed by atoms with Crippen LogP contribution in [0.15, 0.2) is 51.8 Å². The number of rotatable bonds is 7. The second-order valence-corrected chi connectivity index (χ2v) is 8.33. The monoisotopic (exact) mass is 440 g/mol. The number of aryl methyl sites for hydroxylation is 1. The maximum Gasteiger partial charge on any atom is 0.242 e. The summed E-state index contributed by atoms with van der Waals surface area (Å²) in [7, 11) is -3.83. The predicted molar refractivity (Wildman–Crippen MR) is 105 cm³/mol. The van der Waals surface area contributed by atoms with Crippen LogP contribution in [0.1, 0.15) is 19.4 Å². The summed E-state index contributed by atoms with van der Waals surface area (Å²) < 4.78 is 33.7. The summed E-state index contributed by atoms with van der Waals surface area (Å²) in [5.74, 6) is 0.186. The van der Waals surface area contributed by atoms with Crippen molar-refractivity contribution in [2.24, 2.45) is 0 Å². The molecule has 0 aliphatic carbocycles. The number of ether oxygens (including phenoxy) is 1. The maximum absolute atomic E-state index is 12.5. The van der Waals surface area contributed by atoms with E-state index in [1.165, 1.54) is 19.1 Å². The summed E-state index contributed by atoms with van der Waals surface area (Å²) in [4.78, 5) is 12.3. The van der Waals surface area contributed by atoms with Gasteiger partial charge in [-0.05, 0) is 68.8 Å². The van der Waals surface area contributed by atoms with Crippen molar-refractivity contribution in [2.45, 2.75) is 31.7 Å². The molecule has 0 heterocycles. The summed E-state index contributed by atoms with van der Waals surface area (Å²) in [6.45, 7) is 5.62. The average Bonchev–Trinajstić information content (AvgIpc) is 2.58. The molecule has 0 aromatic heterocycles. The SMILES string of the molecule is CCOc1ccc(S(=O)(=O)N[C@H](C)C(=O)Nc2ccc(Br)cc2)cc1C. The van der Waals surface area contributed by atoms with E-state index < -0.39 is 22.0 Å².